The third kappa shape index (κ3) is 9.01. The normalized spacial score (nSPS) is 15.0. The highest BCUT2D eigenvalue weighted by Crippen LogP contribution is 2.47. The zero-order chi connectivity index (χ0) is 22.6. The summed E-state index contributed by atoms with van der Waals surface area (Å²) < 4.78 is 6.83. The second kappa shape index (κ2) is 14.1. The summed E-state index contributed by atoms with van der Waals surface area (Å²) >= 11 is 0. The smallest absolute Gasteiger partial charge is 0.190 e. The first-order valence-electron chi connectivity index (χ1n) is 11.4. The van der Waals surface area contributed by atoms with Crippen LogP contribution in [-0.4, -0.2) is 16.6 Å². The summed E-state index contributed by atoms with van der Waals surface area (Å²) in [5, 5.41) is 0. The highest BCUT2D eigenvalue weighted by Gasteiger charge is 2.21. The van der Waals surface area contributed by atoms with Gasteiger partial charge in [0.15, 0.2) is 5.90 Å². The SMILES string of the molecule is c1ccc(/N=C(/CC(SSc2ccccc2)SSc2ccccc2)OC2CCCCC2)cc1. The van der Waals surface area contributed by atoms with E-state index in [0.717, 1.165) is 30.8 Å². The van der Waals surface area contributed by atoms with Gasteiger partial charge in [-0.2, -0.15) is 0 Å². The van der Waals surface area contributed by atoms with Gasteiger partial charge in [-0.25, -0.2) is 4.99 Å². The maximum atomic E-state index is 6.53. The van der Waals surface area contributed by atoms with Crippen LogP contribution in [0.25, 0.3) is 0 Å². The van der Waals surface area contributed by atoms with Crippen molar-refractivity contribution in [1.29, 1.82) is 0 Å². The van der Waals surface area contributed by atoms with Crippen LogP contribution in [0.1, 0.15) is 38.5 Å². The predicted octanol–water partition coefficient (Wildman–Crippen LogP) is 9.66. The van der Waals surface area contributed by atoms with E-state index in [4.69, 9.17) is 9.73 Å². The van der Waals surface area contributed by atoms with Crippen LogP contribution in [0.3, 0.4) is 0 Å². The van der Waals surface area contributed by atoms with Crippen molar-refractivity contribution in [2.45, 2.75) is 59.0 Å². The van der Waals surface area contributed by atoms with E-state index in [1.807, 2.05) is 61.4 Å². The lowest BCUT2D eigenvalue weighted by atomic mass is 9.98. The van der Waals surface area contributed by atoms with Gasteiger partial charge in [0.25, 0.3) is 0 Å². The molecule has 1 aliphatic rings. The Morgan fingerprint density at radius 3 is 1.79 bits per heavy atom. The molecule has 3 aromatic carbocycles. The summed E-state index contributed by atoms with van der Waals surface area (Å²) in [5.41, 5.74) is 0.962. The second-order valence-corrected chi connectivity index (χ2v) is 13.1. The lowest BCUT2D eigenvalue weighted by Crippen LogP contribution is -2.22. The average molecular weight is 512 g/mol. The van der Waals surface area contributed by atoms with E-state index in [1.54, 1.807) is 0 Å². The highest BCUT2D eigenvalue weighted by atomic mass is 33.1. The molecule has 2 nitrogen and oxygen atoms in total. The molecule has 3 aromatic rings. The molecule has 1 fully saturated rings. The number of rotatable bonds is 10. The first-order valence-corrected chi connectivity index (χ1v) is 15.8. The second-order valence-electron chi connectivity index (χ2n) is 7.84. The summed E-state index contributed by atoms with van der Waals surface area (Å²) in [4.78, 5) is 7.49. The summed E-state index contributed by atoms with van der Waals surface area (Å²) in [6.07, 6.45) is 7.18. The van der Waals surface area contributed by atoms with Crippen molar-refractivity contribution >= 4 is 54.8 Å². The topological polar surface area (TPSA) is 21.6 Å². The van der Waals surface area contributed by atoms with E-state index < -0.39 is 0 Å². The molecule has 0 saturated heterocycles. The van der Waals surface area contributed by atoms with Gasteiger partial charge in [-0.3, -0.25) is 0 Å². The number of nitrogens with zero attached hydrogens (tertiary/aromatic N) is 1. The quantitative estimate of drug-likeness (QED) is 0.117. The van der Waals surface area contributed by atoms with Gasteiger partial charge in [-0.1, -0.05) is 104 Å². The van der Waals surface area contributed by atoms with Crippen LogP contribution >= 0.6 is 43.2 Å². The third-order valence-corrected chi connectivity index (χ3v) is 11.5. The van der Waals surface area contributed by atoms with E-state index >= 15 is 0 Å². The fourth-order valence-electron chi connectivity index (χ4n) is 3.54. The van der Waals surface area contributed by atoms with Gasteiger partial charge in [0.2, 0.25) is 0 Å². The maximum Gasteiger partial charge on any atom is 0.190 e. The molecule has 0 spiro atoms. The molecule has 0 heterocycles. The van der Waals surface area contributed by atoms with E-state index in [1.165, 1.54) is 29.1 Å². The lowest BCUT2D eigenvalue weighted by molar-refractivity contribution is 0.139. The fraction of sp³-hybridized carbons (Fsp3) is 0.296. The average Bonchev–Trinajstić information content (AvgIpc) is 2.88. The van der Waals surface area contributed by atoms with Gasteiger partial charge in [0, 0.05) is 16.2 Å². The summed E-state index contributed by atoms with van der Waals surface area (Å²) in [7, 11) is 7.45. The minimum atomic E-state index is 0.292. The van der Waals surface area contributed by atoms with Crippen LogP contribution in [0.2, 0.25) is 0 Å². The first kappa shape index (κ1) is 24.6. The van der Waals surface area contributed by atoms with Crippen molar-refractivity contribution in [3.63, 3.8) is 0 Å². The molecule has 0 N–H and O–H groups in total. The molecular formula is C27H29NOS4. The minimum absolute atomic E-state index is 0.292. The van der Waals surface area contributed by atoms with Gasteiger partial charge in [0.1, 0.15) is 6.10 Å². The fourth-order valence-corrected chi connectivity index (χ4v) is 9.31. The van der Waals surface area contributed by atoms with Crippen LogP contribution in [-0.2, 0) is 4.74 Å². The van der Waals surface area contributed by atoms with Crippen LogP contribution in [0.4, 0.5) is 5.69 Å². The lowest BCUT2D eigenvalue weighted by Gasteiger charge is -2.25. The Morgan fingerprint density at radius 2 is 1.24 bits per heavy atom. The third-order valence-electron chi connectivity index (χ3n) is 5.20. The number of aliphatic imine (C=N–C) groups is 1. The van der Waals surface area contributed by atoms with Gasteiger partial charge in [-0.15, -0.1) is 0 Å². The van der Waals surface area contributed by atoms with E-state index in [2.05, 4.69) is 72.8 Å². The van der Waals surface area contributed by atoms with Gasteiger partial charge in [0.05, 0.1) is 10.3 Å². The van der Waals surface area contributed by atoms with Crippen molar-refractivity contribution in [1.82, 2.24) is 0 Å². The van der Waals surface area contributed by atoms with Crippen LogP contribution in [0.15, 0.2) is 106 Å². The number of hydrogen-bond acceptors (Lipinski definition) is 6. The van der Waals surface area contributed by atoms with Crippen molar-refractivity contribution in [2.75, 3.05) is 0 Å². The summed E-state index contributed by atoms with van der Waals surface area (Å²) in [5.74, 6) is 0.862. The molecule has 0 radical (unpaired) electrons. The van der Waals surface area contributed by atoms with E-state index in [9.17, 15) is 0 Å². The zero-order valence-corrected chi connectivity index (χ0v) is 21.8. The monoisotopic (exact) mass is 511 g/mol. The standard InChI is InChI=1S/C27H29NOS4/c1-5-13-22(14-6-1)28-26(29-23-15-7-2-8-16-23)21-27(32-30-24-17-9-3-10-18-24)33-31-25-19-11-4-12-20-25/h1,3-6,9-14,17-20,23,27H,2,7-8,15-16,21H2/b28-26-. The molecular weight excluding hydrogens is 483 g/mol. The Bertz CT molecular complexity index is 920. The largest absolute Gasteiger partial charge is 0.477 e. The zero-order valence-electron chi connectivity index (χ0n) is 18.5. The Morgan fingerprint density at radius 1 is 0.727 bits per heavy atom. The molecule has 0 aliphatic heterocycles. The first-order chi connectivity index (χ1) is 16.3. The Hall–Kier alpha value is -1.47. The summed E-state index contributed by atoms with van der Waals surface area (Å²) in [6, 6.07) is 31.4. The van der Waals surface area contributed by atoms with Gasteiger partial charge < -0.3 is 4.74 Å². The Kier molecular flexibility index (Phi) is 10.5. The van der Waals surface area contributed by atoms with Crippen molar-refractivity contribution in [3.8, 4) is 0 Å². The Labute approximate surface area is 213 Å². The minimum Gasteiger partial charge on any atom is -0.477 e. The number of hydrogen-bond donors (Lipinski definition) is 0. The Balaban J connectivity index is 1.48. The van der Waals surface area contributed by atoms with E-state index in [-0.39, 0.29) is 0 Å². The van der Waals surface area contributed by atoms with Gasteiger partial charge in [-0.05, 0) is 62.1 Å². The molecule has 1 saturated carbocycles. The number of benzene rings is 3. The molecule has 6 heteroatoms. The molecule has 0 bridgehead atoms. The van der Waals surface area contributed by atoms with Crippen LogP contribution in [0, 0.1) is 0 Å². The molecule has 1 aliphatic carbocycles. The van der Waals surface area contributed by atoms with Crippen LogP contribution < -0.4 is 0 Å². The maximum absolute atomic E-state index is 6.53. The highest BCUT2D eigenvalue weighted by molar-refractivity contribution is 8.85. The van der Waals surface area contributed by atoms with E-state index in [0.29, 0.717) is 10.7 Å². The molecule has 0 amide bonds. The molecule has 0 unspecified atom stereocenters. The molecule has 4 rings (SSSR count). The van der Waals surface area contributed by atoms with Crippen molar-refractivity contribution in [2.24, 2.45) is 4.99 Å². The van der Waals surface area contributed by atoms with Crippen LogP contribution in [0.5, 0.6) is 0 Å². The molecule has 0 atom stereocenters. The molecule has 172 valence electrons. The molecule has 33 heavy (non-hydrogen) atoms. The van der Waals surface area contributed by atoms with Crippen molar-refractivity contribution < 1.29 is 4.74 Å². The molecule has 0 aromatic heterocycles. The predicted molar refractivity (Wildman–Crippen MR) is 150 cm³/mol. The number of para-hydroxylation sites is 1. The summed E-state index contributed by atoms with van der Waals surface area (Å²) in [6.45, 7) is 0. The van der Waals surface area contributed by atoms with Gasteiger partial charge >= 0.3 is 0 Å². The number of ether oxygens (including phenoxy) is 1. The van der Waals surface area contributed by atoms with Crippen molar-refractivity contribution in [3.05, 3.63) is 91.0 Å².